The molecular formula is C22H25N3O3S. The van der Waals surface area contributed by atoms with E-state index in [1.165, 1.54) is 24.6 Å². The van der Waals surface area contributed by atoms with E-state index in [0.29, 0.717) is 17.2 Å². The van der Waals surface area contributed by atoms with E-state index in [9.17, 15) is 4.79 Å². The average molecular weight is 412 g/mol. The Hall–Kier alpha value is -2.67. The smallest absolute Gasteiger partial charge is 0.234 e. The summed E-state index contributed by atoms with van der Waals surface area (Å²) in [6, 6.07) is 13.5. The number of aliphatic imine (C=N–C) groups is 1. The zero-order valence-corrected chi connectivity index (χ0v) is 17.5. The number of thioether (sulfide) groups is 1. The van der Waals surface area contributed by atoms with Gasteiger partial charge in [-0.3, -0.25) is 4.79 Å². The van der Waals surface area contributed by atoms with Gasteiger partial charge in [0.2, 0.25) is 5.91 Å². The highest BCUT2D eigenvalue weighted by Crippen LogP contribution is 2.40. The number of nitrogens with one attached hydrogen (secondary N) is 2. The lowest BCUT2D eigenvalue weighted by Crippen LogP contribution is -2.37. The SMILES string of the molecule is COc1ccc(NC(=O)CSC2=NC3(CCCC3)Nc3ccccc32)c(OC)c1. The minimum atomic E-state index is -0.216. The summed E-state index contributed by atoms with van der Waals surface area (Å²) in [6.45, 7) is 0. The maximum Gasteiger partial charge on any atom is 0.234 e. The molecule has 29 heavy (non-hydrogen) atoms. The molecule has 0 bridgehead atoms. The van der Waals surface area contributed by atoms with E-state index >= 15 is 0 Å². The fraction of sp³-hybridized carbons (Fsp3) is 0.364. The minimum Gasteiger partial charge on any atom is -0.497 e. The summed E-state index contributed by atoms with van der Waals surface area (Å²) < 4.78 is 10.6. The van der Waals surface area contributed by atoms with E-state index in [1.54, 1.807) is 32.4 Å². The lowest BCUT2D eigenvalue weighted by molar-refractivity contribution is -0.113. The number of benzene rings is 2. The van der Waals surface area contributed by atoms with Crippen LogP contribution in [0.2, 0.25) is 0 Å². The van der Waals surface area contributed by atoms with Crippen LogP contribution in [0, 0.1) is 0 Å². The van der Waals surface area contributed by atoms with Gasteiger partial charge in [0.15, 0.2) is 0 Å². The van der Waals surface area contributed by atoms with Crippen LogP contribution in [-0.2, 0) is 4.79 Å². The summed E-state index contributed by atoms with van der Waals surface area (Å²) in [5, 5.41) is 7.48. The van der Waals surface area contributed by atoms with Gasteiger partial charge in [0.25, 0.3) is 0 Å². The fourth-order valence-corrected chi connectivity index (χ4v) is 4.75. The van der Waals surface area contributed by atoms with Gasteiger partial charge < -0.3 is 20.1 Å². The van der Waals surface area contributed by atoms with Gasteiger partial charge in [0, 0.05) is 17.3 Å². The summed E-state index contributed by atoms with van der Waals surface area (Å²) in [5.74, 6) is 1.42. The van der Waals surface area contributed by atoms with Crippen molar-refractivity contribution in [3.8, 4) is 11.5 Å². The molecule has 2 N–H and O–H groups in total. The van der Waals surface area contributed by atoms with Crippen molar-refractivity contribution in [2.24, 2.45) is 4.99 Å². The van der Waals surface area contributed by atoms with Crippen molar-refractivity contribution >= 4 is 34.1 Å². The Morgan fingerprint density at radius 3 is 2.72 bits per heavy atom. The van der Waals surface area contributed by atoms with Crippen molar-refractivity contribution in [2.75, 3.05) is 30.6 Å². The Kier molecular flexibility index (Phi) is 5.67. The van der Waals surface area contributed by atoms with Crippen LogP contribution in [0.3, 0.4) is 0 Å². The number of ether oxygens (including phenoxy) is 2. The quantitative estimate of drug-likeness (QED) is 0.757. The standard InChI is InChI=1S/C22H25N3O3S/c1-27-15-9-10-18(19(13-15)28-2)23-20(26)14-29-21-16-7-3-4-8-17(16)24-22(25-21)11-5-6-12-22/h3-4,7-10,13,24H,5-6,11-12,14H2,1-2H3,(H,23,26). The number of anilines is 2. The van der Waals surface area contributed by atoms with Gasteiger partial charge in [-0.25, -0.2) is 4.99 Å². The number of nitrogens with zero attached hydrogens (tertiary/aromatic N) is 1. The Balaban J connectivity index is 1.48. The molecule has 1 saturated carbocycles. The van der Waals surface area contributed by atoms with Crippen LogP contribution in [0.5, 0.6) is 11.5 Å². The number of rotatable bonds is 5. The Morgan fingerprint density at radius 1 is 1.17 bits per heavy atom. The van der Waals surface area contributed by atoms with Crippen LogP contribution < -0.4 is 20.1 Å². The summed E-state index contributed by atoms with van der Waals surface area (Å²) >= 11 is 1.48. The molecule has 1 fully saturated rings. The molecule has 2 aliphatic rings. The van der Waals surface area contributed by atoms with Gasteiger partial charge in [0.1, 0.15) is 22.2 Å². The predicted molar refractivity (Wildman–Crippen MR) is 118 cm³/mol. The van der Waals surface area contributed by atoms with E-state index in [4.69, 9.17) is 14.5 Å². The Labute approximate surface area is 175 Å². The lowest BCUT2D eigenvalue weighted by atomic mass is 10.0. The molecule has 2 aromatic carbocycles. The average Bonchev–Trinajstić information content (AvgIpc) is 3.19. The lowest BCUT2D eigenvalue weighted by Gasteiger charge is -2.33. The molecular weight excluding hydrogens is 386 g/mol. The fourth-order valence-electron chi connectivity index (χ4n) is 3.84. The first-order valence-electron chi connectivity index (χ1n) is 9.74. The van der Waals surface area contributed by atoms with Gasteiger partial charge in [0.05, 0.1) is 25.7 Å². The number of carbonyl (C=O) groups is 1. The monoisotopic (exact) mass is 411 g/mol. The highest BCUT2D eigenvalue weighted by atomic mass is 32.2. The van der Waals surface area contributed by atoms with Crippen LogP contribution in [0.25, 0.3) is 0 Å². The highest BCUT2D eigenvalue weighted by Gasteiger charge is 2.37. The Bertz CT molecular complexity index is 939. The number of methoxy groups -OCH3 is 2. The van der Waals surface area contributed by atoms with Crippen LogP contribution in [0.1, 0.15) is 31.2 Å². The maximum absolute atomic E-state index is 12.6. The number of hydrogen-bond donors (Lipinski definition) is 2. The number of fused-ring (bicyclic) bond motifs is 1. The van der Waals surface area contributed by atoms with Gasteiger partial charge in [-0.1, -0.05) is 30.0 Å². The van der Waals surface area contributed by atoms with Crippen LogP contribution in [-0.4, -0.2) is 36.6 Å². The first kappa shape index (κ1) is 19.6. The molecule has 1 heterocycles. The summed E-state index contributed by atoms with van der Waals surface area (Å²) in [7, 11) is 3.17. The normalized spacial score (nSPS) is 16.6. The third-order valence-electron chi connectivity index (χ3n) is 5.29. The van der Waals surface area contributed by atoms with Gasteiger partial charge >= 0.3 is 0 Å². The topological polar surface area (TPSA) is 72.0 Å². The van der Waals surface area contributed by atoms with E-state index in [0.717, 1.165) is 29.1 Å². The summed E-state index contributed by atoms with van der Waals surface area (Å²) in [6.07, 6.45) is 4.41. The molecule has 0 saturated heterocycles. The number of amides is 1. The van der Waals surface area contributed by atoms with Crippen LogP contribution in [0.15, 0.2) is 47.5 Å². The van der Waals surface area contributed by atoms with Crippen molar-refractivity contribution < 1.29 is 14.3 Å². The van der Waals surface area contributed by atoms with Crippen molar-refractivity contribution in [1.82, 2.24) is 0 Å². The molecule has 1 aliphatic heterocycles. The molecule has 2 aromatic rings. The van der Waals surface area contributed by atoms with E-state index < -0.39 is 0 Å². The second-order valence-electron chi connectivity index (χ2n) is 7.23. The number of hydrogen-bond acceptors (Lipinski definition) is 6. The third-order valence-corrected chi connectivity index (χ3v) is 6.29. The zero-order valence-electron chi connectivity index (χ0n) is 16.7. The number of para-hydroxylation sites is 1. The van der Waals surface area contributed by atoms with E-state index in [2.05, 4.69) is 22.8 Å². The molecule has 6 nitrogen and oxygen atoms in total. The van der Waals surface area contributed by atoms with E-state index in [1.807, 2.05) is 12.1 Å². The second-order valence-corrected chi connectivity index (χ2v) is 8.19. The van der Waals surface area contributed by atoms with Crippen molar-refractivity contribution in [1.29, 1.82) is 0 Å². The largest absolute Gasteiger partial charge is 0.497 e. The highest BCUT2D eigenvalue weighted by molar-refractivity contribution is 8.15. The molecule has 1 spiro atoms. The van der Waals surface area contributed by atoms with Gasteiger partial charge in [-0.15, -0.1) is 0 Å². The molecule has 1 aliphatic carbocycles. The molecule has 0 radical (unpaired) electrons. The molecule has 7 heteroatoms. The van der Waals surface area contributed by atoms with Crippen molar-refractivity contribution in [3.63, 3.8) is 0 Å². The first-order chi connectivity index (χ1) is 14.1. The summed E-state index contributed by atoms with van der Waals surface area (Å²) in [4.78, 5) is 17.6. The molecule has 152 valence electrons. The van der Waals surface area contributed by atoms with Gasteiger partial charge in [-0.2, -0.15) is 0 Å². The molecule has 1 amide bonds. The molecule has 4 rings (SSSR count). The minimum absolute atomic E-state index is 0.0994. The predicted octanol–water partition coefficient (Wildman–Crippen LogP) is 4.52. The molecule has 0 atom stereocenters. The third kappa shape index (κ3) is 4.19. The second kappa shape index (κ2) is 8.37. The molecule has 0 unspecified atom stereocenters. The summed E-state index contributed by atoms with van der Waals surface area (Å²) in [5.41, 5.74) is 2.57. The van der Waals surface area contributed by atoms with Crippen molar-refractivity contribution in [3.05, 3.63) is 48.0 Å². The zero-order chi connectivity index (χ0) is 20.3. The Morgan fingerprint density at radius 2 is 1.97 bits per heavy atom. The van der Waals surface area contributed by atoms with Crippen molar-refractivity contribution in [2.45, 2.75) is 31.3 Å². The van der Waals surface area contributed by atoms with Crippen LogP contribution in [0.4, 0.5) is 11.4 Å². The molecule has 0 aromatic heterocycles. The first-order valence-corrected chi connectivity index (χ1v) is 10.7. The maximum atomic E-state index is 12.6. The van der Waals surface area contributed by atoms with Crippen LogP contribution >= 0.6 is 11.8 Å². The van der Waals surface area contributed by atoms with Gasteiger partial charge in [-0.05, 0) is 43.9 Å². The number of carbonyl (C=O) groups excluding carboxylic acids is 1. The van der Waals surface area contributed by atoms with E-state index in [-0.39, 0.29) is 17.3 Å².